The maximum Gasteiger partial charge on any atom is 0.0881 e. The molecule has 2 aliphatic carbocycles. The van der Waals surface area contributed by atoms with Crippen LogP contribution < -0.4 is 11.5 Å². The highest BCUT2D eigenvalue weighted by atomic mass is 16.3. The van der Waals surface area contributed by atoms with Crippen LogP contribution in [0.15, 0.2) is 76.2 Å². The molecule has 28 heavy (non-hydrogen) atoms. The average molecular weight is 399 g/mol. The molecule has 0 spiro atoms. The average Bonchev–Trinajstić information content (AvgIpc) is 3.37. The Kier molecular flexibility index (Phi) is 37.9. The summed E-state index contributed by atoms with van der Waals surface area (Å²) >= 11 is 0. The van der Waals surface area contributed by atoms with Gasteiger partial charge in [-0.15, -0.1) is 6.58 Å². The van der Waals surface area contributed by atoms with Crippen molar-refractivity contribution in [3.05, 3.63) is 76.2 Å². The lowest BCUT2D eigenvalue weighted by Crippen LogP contribution is -2.07. The van der Waals surface area contributed by atoms with Gasteiger partial charge in [0.25, 0.3) is 0 Å². The molecule has 0 aromatic rings. The van der Waals surface area contributed by atoms with Crippen molar-refractivity contribution < 1.29 is 15.3 Å². The molecule has 5 heteroatoms. The molecule has 0 radical (unpaired) electrons. The van der Waals surface area contributed by atoms with Gasteiger partial charge in [-0.3, -0.25) is 0 Å². The van der Waals surface area contributed by atoms with Crippen molar-refractivity contribution in [3.8, 4) is 0 Å². The van der Waals surface area contributed by atoms with Crippen molar-refractivity contribution in [2.75, 3.05) is 0 Å². The first kappa shape index (κ1) is 36.4. The Balaban J connectivity index is -0.0000000818. The minimum atomic E-state index is 0. The Hall–Kier alpha value is -2.56. The van der Waals surface area contributed by atoms with E-state index in [1.807, 2.05) is 6.08 Å². The predicted molar refractivity (Wildman–Crippen MR) is 127 cm³/mol. The van der Waals surface area contributed by atoms with Gasteiger partial charge < -0.3 is 26.8 Å². The van der Waals surface area contributed by atoms with E-state index in [1.54, 1.807) is 0 Å². The molecule has 0 amide bonds. The highest BCUT2D eigenvalue weighted by Gasteiger charge is 2.32. The summed E-state index contributed by atoms with van der Waals surface area (Å²) in [7, 11) is 0. The molecule has 0 atom stereocenters. The molecule has 0 bridgehead atoms. The number of hydrogen-bond donors (Lipinski definition) is 5. The molecule has 7 N–H and O–H groups in total. The van der Waals surface area contributed by atoms with E-state index in [1.165, 1.54) is 44.5 Å². The molecule has 0 aromatic carbocycles. The van der Waals surface area contributed by atoms with Crippen LogP contribution in [0.4, 0.5) is 0 Å². The number of hydrogen-bond acceptors (Lipinski definition) is 5. The Morgan fingerprint density at radius 2 is 1.18 bits per heavy atom. The van der Waals surface area contributed by atoms with Crippen LogP contribution in [0.2, 0.25) is 0 Å². The third-order valence-electron chi connectivity index (χ3n) is 3.61. The lowest BCUT2D eigenvalue weighted by Gasteiger charge is -2.19. The Labute approximate surface area is 174 Å². The van der Waals surface area contributed by atoms with Crippen molar-refractivity contribution in [1.82, 2.24) is 0 Å². The van der Waals surface area contributed by atoms with Gasteiger partial charge >= 0.3 is 0 Å². The number of rotatable bonds is 2. The van der Waals surface area contributed by atoms with Crippen LogP contribution in [0.25, 0.3) is 0 Å². The zero-order valence-corrected chi connectivity index (χ0v) is 17.2. The standard InChI is InChI=1S/C8H14O.C6H10.2C2H5N.2C2H4O.CH4/c1-7(9)8-5-3-2-4-6-8;1-3-6(2)4-5-6;4*1-2-3;/h8-9H,1-6H2;3H,1,4-5H2,2H3;2*2H,1,3H2;2*2-3H,1H2;1H4. The van der Waals surface area contributed by atoms with Gasteiger partial charge in [0.05, 0.1) is 18.3 Å². The summed E-state index contributed by atoms with van der Waals surface area (Å²) in [5.74, 6) is 0.813. The zero-order chi connectivity index (χ0) is 22.1. The monoisotopic (exact) mass is 398 g/mol. The minimum Gasteiger partial charge on any atom is -0.516 e. The van der Waals surface area contributed by atoms with Gasteiger partial charge in [-0.1, -0.05) is 72.6 Å². The third kappa shape index (κ3) is 38.8. The second-order valence-electron chi connectivity index (χ2n) is 6.02. The number of aliphatic hydroxyl groups is 3. The lowest BCUT2D eigenvalue weighted by molar-refractivity contribution is 0.278. The summed E-state index contributed by atoms with van der Waals surface area (Å²) in [6, 6.07) is 0. The van der Waals surface area contributed by atoms with Crippen molar-refractivity contribution >= 4 is 0 Å². The van der Waals surface area contributed by atoms with Gasteiger partial charge in [-0.25, -0.2) is 0 Å². The third-order valence-corrected chi connectivity index (χ3v) is 3.61. The molecule has 5 nitrogen and oxygen atoms in total. The van der Waals surface area contributed by atoms with Crippen molar-refractivity contribution in [3.63, 3.8) is 0 Å². The predicted octanol–water partition coefficient (Wildman–Crippen LogP) is 6.80. The fraction of sp³-hybridized carbons (Fsp3) is 0.478. The van der Waals surface area contributed by atoms with E-state index >= 15 is 0 Å². The molecule has 0 saturated heterocycles. The maximum absolute atomic E-state index is 8.98. The normalized spacial score (nSPS) is 14.3. The molecule has 0 heterocycles. The van der Waals surface area contributed by atoms with Crippen LogP contribution in [-0.2, 0) is 0 Å². The molecule has 2 rings (SSSR count). The summed E-state index contributed by atoms with van der Waals surface area (Å²) in [4.78, 5) is 0. The van der Waals surface area contributed by atoms with Crippen LogP contribution in [0.3, 0.4) is 0 Å². The van der Waals surface area contributed by atoms with Crippen LogP contribution in [0, 0.1) is 11.3 Å². The first-order chi connectivity index (χ1) is 12.7. The molecule has 0 aromatic heterocycles. The number of nitrogens with two attached hydrogens (primary N) is 2. The zero-order valence-electron chi connectivity index (χ0n) is 17.2. The Bertz CT molecular complexity index is 359. The fourth-order valence-corrected chi connectivity index (χ4v) is 1.84. The summed E-state index contributed by atoms with van der Waals surface area (Å²) in [6.07, 6.45) is 14.9. The quantitative estimate of drug-likeness (QED) is 0.259. The second-order valence-corrected chi connectivity index (χ2v) is 6.02. The SMILES string of the molecule is C.C=C(O)C1CCCCC1.C=CC1(C)CC1.C=CN.C=CN.C=CO.C=CO. The van der Waals surface area contributed by atoms with Gasteiger partial charge in [-0.2, -0.15) is 0 Å². The fourth-order valence-electron chi connectivity index (χ4n) is 1.84. The summed E-state index contributed by atoms with van der Waals surface area (Å²) in [5.41, 5.74) is 9.78. The molecular formula is C23H46N2O3. The van der Waals surface area contributed by atoms with Crippen LogP contribution in [0.5, 0.6) is 0 Å². The molecular weight excluding hydrogens is 352 g/mol. The summed E-state index contributed by atoms with van der Waals surface area (Å²) < 4.78 is 0. The summed E-state index contributed by atoms with van der Waals surface area (Å²) in [5, 5.41) is 23.6. The smallest absolute Gasteiger partial charge is 0.0881 e. The van der Waals surface area contributed by atoms with Crippen molar-refractivity contribution in [2.24, 2.45) is 22.8 Å². The first-order valence-electron chi connectivity index (χ1n) is 8.90. The van der Waals surface area contributed by atoms with Gasteiger partial charge in [0.2, 0.25) is 0 Å². The highest BCUT2D eigenvalue weighted by Crippen LogP contribution is 2.45. The number of allylic oxidation sites excluding steroid dienone is 2. The molecule has 0 unspecified atom stereocenters. The van der Waals surface area contributed by atoms with E-state index in [2.05, 4.69) is 57.9 Å². The van der Waals surface area contributed by atoms with E-state index in [-0.39, 0.29) is 7.43 Å². The first-order valence-corrected chi connectivity index (χ1v) is 8.90. The van der Waals surface area contributed by atoms with E-state index < -0.39 is 0 Å². The van der Waals surface area contributed by atoms with Crippen LogP contribution in [0.1, 0.15) is 59.3 Å². The van der Waals surface area contributed by atoms with Gasteiger partial charge in [0.15, 0.2) is 0 Å². The molecule has 0 aliphatic heterocycles. The Morgan fingerprint density at radius 3 is 1.29 bits per heavy atom. The lowest BCUT2D eigenvalue weighted by atomic mass is 9.88. The van der Waals surface area contributed by atoms with Gasteiger partial charge in [0, 0.05) is 5.92 Å². The summed E-state index contributed by atoms with van der Waals surface area (Å²) in [6.45, 7) is 21.6. The van der Waals surface area contributed by atoms with Gasteiger partial charge in [0.1, 0.15) is 0 Å². The van der Waals surface area contributed by atoms with E-state index in [0.29, 0.717) is 17.1 Å². The largest absolute Gasteiger partial charge is 0.516 e. The molecule has 166 valence electrons. The van der Waals surface area contributed by atoms with E-state index in [0.717, 1.165) is 25.4 Å². The minimum absolute atomic E-state index is 0. The topological polar surface area (TPSA) is 113 Å². The number of aliphatic hydroxyl groups excluding tert-OH is 3. The van der Waals surface area contributed by atoms with E-state index in [4.69, 9.17) is 15.3 Å². The molecule has 2 saturated carbocycles. The maximum atomic E-state index is 8.98. The second kappa shape index (κ2) is 29.2. The van der Waals surface area contributed by atoms with Crippen LogP contribution >= 0.6 is 0 Å². The van der Waals surface area contributed by atoms with Crippen LogP contribution in [-0.4, -0.2) is 15.3 Å². The highest BCUT2D eigenvalue weighted by molar-refractivity contribution is 5.02. The molecule has 2 fully saturated rings. The van der Waals surface area contributed by atoms with E-state index in [9.17, 15) is 0 Å². The van der Waals surface area contributed by atoms with Crippen molar-refractivity contribution in [1.29, 1.82) is 0 Å². The Morgan fingerprint density at radius 1 is 0.893 bits per heavy atom. The van der Waals surface area contributed by atoms with Gasteiger partial charge in [-0.05, 0) is 43.5 Å². The molecule has 2 aliphatic rings. The van der Waals surface area contributed by atoms with Crippen molar-refractivity contribution in [2.45, 2.75) is 59.3 Å².